The van der Waals surface area contributed by atoms with Gasteiger partial charge in [-0.1, -0.05) is 48.2 Å². The third-order valence-corrected chi connectivity index (χ3v) is 7.71. The molecule has 0 aromatic rings. The van der Waals surface area contributed by atoms with Crippen LogP contribution in [0.2, 0.25) is 0 Å². The molecule has 1 aliphatic heterocycles. The summed E-state index contributed by atoms with van der Waals surface area (Å²) in [4.78, 5) is 38.7. The Bertz CT molecular complexity index is 668. The second-order valence-corrected chi connectivity index (χ2v) is 9.56. The minimum Gasteiger partial charge on any atom is -0.331 e. The normalized spacial score (nSPS) is 31.9. The van der Waals surface area contributed by atoms with Crippen LogP contribution in [0, 0.1) is 17.8 Å². The van der Waals surface area contributed by atoms with E-state index in [4.69, 9.17) is 0 Å². The molecule has 0 radical (unpaired) electrons. The summed E-state index contributed by atoms with van der Waals surface area (Å²) in [5.41, 5.74) is -0.357. The summed E-state index contributed by atoms with van der Waals surface area (Å²) in [6.45, 7) is 8.10. The number of likely N-dealkylation sites (tertiary alicyclic amines) is 1. The zero-order valence-corrected chi connectivity index (χ0v) is 20.4. The van der Waals surface area contributed by atoms with Crippen molar-refractivity contribution in [3.8, 4) is 0 Å². The van der Waals surface area contributed by atoms with Crippen molar-refractivity contribution < 1.29 is 14.4 Å². The Balaban J connectivity index is 1.72. The number of unbranched alkanes of at least 4 members (excludes halogenated alkanes) is 3. The number of Topliss-reactive ketones (excluding diaryl/α,β-unsaturated/α-hetero) is 2. The SMILES string of the molecule is CN[C@@H](CCCCC/C=C/[C@@H]1C[C@]1(NP)C(C)=O)C(=O)N1C[C@H](C)C(C)[C@H]1C(C)=O. The maximum Gasteiger partial charge on any atom is 0.240 e. The smallest absolute Gasteiger partial charge is 0.240 e. The van der Waals surface area contributed by atoms with E-state index in [0.717, 1.165) is 38.5 Å². The van der Waals surface area contributed by atoms with Crippen molar-refractivity contribution in [2.75, 3.05) is 13.6 Å². The van der Waals surface area contributed by atoms with E-state index in [-0.39, 0.29) is 41.0 Å². The summed E-state index contributed by atoms with van der Waals surface area (Å²) >= 11 is 0. The molecule has 1 saturated carbocycles. The van der Waals surface area contributed by atoms with Crippen molar-refractivity contribution >= 4 is 26.9 Å². The number of carbonyl (C=O) groups is 3. The molecule has 0 aromatic heterocycles. The summed E-state index contributed by atoms with van der Waals surface area (Å²) in [7, 11) is 4.30. The van der Waals surface area contributed by atoms with Crippen molar-refractivity contribution in [2.45, 2.75) is 83.8 Å². The van der Waals surface area contributed by atoms with Gasteiger partial charge in [0.2, 0.25) is 5.91 Å². The number of hydrogen-bond acceptors (Lipinski definition) is 5. The van der Waals surface area contributed by atoms with Crippen LogP contribution in [0.25, 0.3) is 0 Å². The first kappa shape index (κ1) is 25.2. The van der Waals surface area contributed by atoms with Gasteiger partial charge in [-0.3, -0.25) is 19.5 Å². The van der Waals surface area contributed by atoms with Gasteiger partial charge in [0.1, 0.15) is 0 Å². The zero-order chi connectivity index (χ0) is 22.5. The number of likely N-dealkylation sites (N-methyl/N-ethyl adjacent to an activating group) is 1. The van der Waals surface area contributed by atoms with Gasteiger partial charge in [-0.2, -0.15) is 0 Å². The summed E-state index contributed by atoms with van der Waals surface area (Å²) in [6, 6.07) is -0.510. The van der Waals surface area contributed by atoms with E-state index in [2.05, 4.69) is 45.8 Å². The van der Waals surface area contributed by atoms with Crippen LogP contribution in [0.5, 0.6) is 0 Å². The molecule has 0 bridgehead atoms. The lowest BCUT2D eigenvalue weighted by Gasteiger charge is -2.28. The molecule has 1 heterocycles. The van der Waals surface area contributed by atoms with Crippen LogP contribution in [-0.2, 0) is 14.4 Å². The van der Waals surface area contributed by atoms with Crippen LogP contribution in [0.15, 0.2) is 12.2 Å². The minimum atomic E-state index is -0.357. The Labute approximate surface area is 184 Å². The first-order valence-corrected chi connectivity index (χ1v) is 11.9. The van der Waals surface area contributed by atoms with Gasteiger partial charge in [0.25, 0.3) is 0 Å². The van der Waals surface area contributed by atoms with E-state index >= 15 is 0 Å². The first-order chi connectivity index (χ1) is 14.2. The van der Waals surface area contributed by atoms with Gasteiger partial charge in [0.05, 0.1) is 17.6 Å². The quantitative estimate of drug-likeness (QED) is 0.279. The number of allylic oxidation sites excluding steroid dienone is 1. The fourth-order valence-electron chi connectivity index (χ4n) is 4.83. The Morgan fingerprint density at radius 3 is 2.43 bits per heavy atom. The van der Waals surface area contributed by atoms with Gasteiger partial charge in [-0.05, 0) is 58.4 Å². The van der Waals surface area contributed by atoms with Gasteiger partial charge in [-0.25, -0.2) is 0 Å². The first-order valence-electron chi connectivity index (χ1n) is 11.3. The number of hydrogen-bond donors (Lipinski definition) is 2. The van der Waals surface area contributed by atoms with E-state index < -0.39 is 0 Å². The molecular formula is C23H40N3O3P. The van der Waals surface area contributed by atoms with Gasteiger partial charge in [-0.15, -0.1) is 0 Å². The lowest BCUT2D eigenvalue weighted by atomic mass is 9.92. The third-order valence-electron chi connectivity index (χ3n) is 7.19. The lowest BCUT2D eigenvalue weighted by molar-refractivity contribution is -0.139. The van der Waals surface area contributed by atoms with Crippen LogP contribution in [0.1, 0.15) is 66.2 Å². The molecule has 2 rings (SSSR count). The molecule has 0 aromatic carbocycles. The van der Waals surface area contributed by atoms with Crippen LogP contribution < -0.4 is 10.4 Å². The van der Waals surface area contributed by atoms with Crippen LogP contribution in [-0.4, -0.2) is 53.6 Å². The van der Waals surface area contributed by atoms with Crippen molar-refractivity contribution in [2.24, 2.45) is 17.8 Å². The second-order valence-electron chi connectivity index (χ2n) is 9.27. The molecule has 1 aliphatic carbocycles. The molecule has 7 atom stereocenters. The Kier molecular flexibility index (Phi) is 9.20. The molecule has 170 valence electrons. The van der Waals surface area contributed by atoms with Crippen LogP contribution >= 0.6 is 9.39 Å². The zero-order valence-electron chi connectivity index (χ0n) is 19.2. The highest BCUT2D eigenvalue weighted by molar-refractivity contribution is 7.14. The number of carbonyl (C=O) groups excluding carboxylic acids is 3. The molecule has 1 saturated heterocycles. The summed E-state index contributed by atoms with van der Waals surface area (Å²) in [5.74, 6) is 1.21. The average Bonchev–Trinajstić information content (AvgIpc) is 3.35. The minimum absolute atomic E-state index is 0.0630. The van der Waals surface area contributed by atoms with Gasteiger partial charge in [0, 0.05) is 12.5 Å². The molecule has 6 nitrogen and oxygen atoms in total. The molecule has 2 fully saturated rings. The average molecular weight is 438 g/mol. The van der Waals surface area contributed by atoms with Crippen molar-refractivity contribution in [3.05, 3.63) is 12.2 Å². The highest BCUT2D eigenvalue weighted by Crippen LogP contribution is 2.46. The molecular weight excluding hydrogens is 397 g/mol. The number of nitrogens with one attached hydrogen (secondary N) is 2. The Hall–Kier alpha value is -1.10. The monoisotopic (exact) mass is 437 g/mol. The molecule has 7 heteroatoms. The van der Waals surface area contributed by atoms with E-state index in [1.54, 1.807) is 18.7 Å². The summed E-state index contributed by atoms with van der Waals surface area (Å²) in [5, 5.41) is 6.24. The predicted molar refractivity (Wildman–Crippen MR) is 124 cm³/mol. The van der Waals surface area contributed by atoms with E-state index in [1.807, 2.05) is 7.05 Å². The van der Waals surface area contributed by atoms with E-state index in [0.29, 0.717) is 18.4 Å². The molecule has 0 spiro atoms. The molecule has 30 heavy (non-hydrogen) atoms. The maximum absolute atomic E-state index is 13.0. The predicted octanol–water partition coefficient (Wildman–Crippen LogP) is 2.88. The van der Waals surface area contributed by atoms with Gasteiger partial charge < -0.3 is 10.2 Å². The molecule has 2 unspecified atom stereocenters. The van der Waals surface area contributed by atoms with Crippen molar-refractivity contribution in [1.82, 2.24) is 15.3 Å². The maximum atomic E-state index is 13.0. The van der Waals surface area contributed by atoms with E-state index in [9.17, 15) is 14.4 Å². The Morgan fingerprint density at radius 2 is 1.90 bits per heavy atom. The molecule has 2 N–H and O–H groups in total. The summed E-state index contributed by atoms with van der Waals surface area (Å²) < 4.78 is 0. The third kappa shape index (κ3) is 5.57. The largest absolute Gasteiger partial charge is 0.331 e. The molecule has 2 aliphatic rings. The number of rotatable bonds is 12. The number of nitrogens with zero attached hydrogens (tertiary/aromatic N) is 1. The van der Waals surface area contributed by atoms with Gasteiger partial charge in [0.15, 0.2) is 11.6 Å². The Morgan fingerprint density at radius 1 is 1.20 bits per heavy atom. The van der Waals surface area contributed by atoms with Crippen LogP contribution in [0.4, 0.5) is 0 Å². The lowest BCUT2D eigenvalue weighted by Crippen LogP contribution is -2.50. The second kappa shape index (κ2) is 11.0. The fourth-order valence-corrected chi connectivity index (χ4v) is 5.37. The highest BCUT2D eigenvalue weighted by atomic mass is 31.0. The molecule has 1 amide bonds. The van der Waals surface area contributed by atoms with Crippen molar-refractivity contribution in [1.29, 1.82) is 0 Å². The van der Waals surface area contributed by atoms with Crippen molar-refractivity contribution in [3.63, 3.8) is 0 Å². The van der Waals surface area contributed by atoms with Gasteiger partial charge >= 0.3 is 0 Å². The summed E-state index contributed by atoms with van der Waals surface area (Å²) in [6.07, 6.45) is 10.1. The number of amides is 1. The standard InChI is InChI=1S/C23H40N3O3P/c1-15-14-26(21(16(15)2)17(3)27)22(29)20(24-5)12-10-8-6-7-9-11-19-13-23(19,25-30)18(4)28/h9,11,15-16,19-21,24-25H,6-8,10,12-14,30H2,1-5H3/b11-9+/t15-,16?,19+,20-,21-,23-/m0/s1. The highest BCUT2D eigenvalue weighted by Gasteiger charge is 2.55. The van der Waals surface area contributed by atoms with Crippen LogP contribution in [0.3, 0.4) is 0 Å². The number of ketones is 2. The fraction of sp³-hybridized carbons (Fsp3) is 0.783. The topological polar surface area (TPSA) is 78.5 Å². The van der Waals surface area contributed by atoms with E-state index in [1.165, 1.54) is 0 Å².